The Hall–Kier alpha value is -2.11. The number of nitrogens with zero attached hydrogens (tertiary/aromatic N) is 1. The van der Waals surface area contributed by atoms with Gasteiger partial charge in [0.05, 0.1) is 24.9 Å². The average molecular weight is 266 g/mol. The molecule has 6 nitrogen and oxygen atoms in total. The molecule has 1 rings (SSSR count). The maximum Gasteiger partial charge on any atom is 0.407 e. The molecule has 0 saturated heterocycles. The van der Waals surface area contributed by atoms with Gasteiger partial charge in [0.2, 0.25) is 0 Å². The van der Waals surface area contributed by atoms with E-state index in [1.807, 2.05) is 0 Å². The molecule has 104 valence electrons. The van der Waals surface area contributed by atoms with E-state index in [1.54, 1.807) is 39.1 Å². The Morgan fingerprint density at radius 1 is 1.37 bits per heavy atom. The first-order valence-corrected chi connectivity index (χ1v) is 5.82. The van der Waals surface area contributed by atoms with Gasteiger partial charge in [-0.05, 0) is 32.9 Å². The van der Waals surface area contributed by atoms with E-state index in [4.69, 9.17) is 4.74 Å². The van der Waals surface area contributed by atoms with Crippen molar-refractivity contribution in [3.8, 4) is 0 Å². The Balaban J connectivity index is 2.68. The molecular formula is C13H18N2O4. The summed E-state index contributed by atoms with van der Waals surface area (Å²) in [6.07, 6.45) is 0.979. The highest BCUT2D eigenvalue weighted by Gasteiger charge is 2.17. The van der Waals surface area contributed by atoms with Crippen LogP contribution < -0.4 is 5.32 Å². The quantitative estimate of drug-likeness (QED) is 0.845. The van der Waals surface area contributed by atoms with Crippen LogP contribution in [0.4, 0.5) is 4.79 Å². The summed E-state index contributed by atoms with van der Waals surface area (Å²) in [5, 5.41) is 2.54. The summed E-state index contributed by atoms with van der Waals surface area (Å²) < 4.78 is 9.73. The fourth-order valence-corrected chi connectivity index (χ4v) is 1.34. The second-order valence-corrected chi connectivity index (χ2v) is 4.84. The molecule has 0 radical (unpaired) electrons. The van der Waals surface area contributed by atoms with Crippen molar-refractivity contribution in [2.45, 2.75) is 32.9 Å². The van der Waals surface area contributed by atoms with Crippen LogP contribution in [0.5, 0.6) is 0 Å². The summed E-state index contributed by atoms with van der Waals surface area (Å²) in [6.45, 7) is 5.41. The zero-order valence-electron chi connectivity index (χ0n) is 11.5. The van der Waals surface area contributed by atoms with Gasteiger partial charge < -0.3 is 14.8 Å². The Kier molecular flexibility index (Phi) is 4.86. The molecule has 6 heteroatoms. The first-order valence-electron chi connectivity index (χ1n) is 5.82. The molecule has 0 aliphatic heterocycles. The minimum absolute atomic E-state index is 0.0974. The van der Waals surface area contributed by atoms with Crippen molar-refractivity contribution in [3.63, 3.8) is 0 Å². The molecule has 0 saturated carbocycles. The van der Waals surface area contributed by atoms with Crippen molar-refractivity contribution in [1.82, 2.24) is 10.3 Å². The zero-order chi connectivity index (χ0) is 14.5. The number of carbonyl (C=O) groups is 2. The SMILES string of the molecule is COC(=O)c1cccnc1CNC(=O)OC(C)(C)C. The Morgan fingerprint density at radius 2 is 2.05 bits per heavy atom. The van der Waals surface area contributed by atoms with E-state index in [2.05, 4.69) is 15.0 Å². The van der Waals surface area contributed by atoms with Crippen LogP contribution >= 0.6 is 0 Å². The van der Waals surface area contributed by atoms with Gasteiger partial charge in [0.15, 0.2) is 0 Å². The summed E-state index contributed by atoms with van der Waals surface area (Å²) in [4.78, 5) is 27.1. The molecule has 0 unspecified atom stereocenters. The van der Waals surface area contributed by atoms with Gasteiger partial charge in [0.1, 0.15) is 5.60 Å². The first-order chi connectivity index (χ1) is 8.83. The molecule has 0 bridgehead atoms. The predicted octanol–water partition coefficient (Wildman–Crippen LogP) is 1.89. The molecule has 1 amide bonds. The van der Waals surface area contributed by atoms with Crippen molar-refractivity contribution in [2.75, 3.05) is 7.11 Å². The fourth-order valence-electron chi connectivity index (χ4n) is 1.34. The molecular weight excluding hydrogens is 248 g/mol. The lowest BCUT2D eigenvalue weighted by atomic mass is 10.2. The molecule has 0 atom stereocenters. The molecule has 0 aliphatic rings. The second-order valence-electron chi connectivity index (χ2n) is 4.84. The number of hydrogen-bond donors (Lipinski definition) is 1. The number of amides is 1. The third-order valence-electron chi connectivity index (χ3n) is 2.09. The van der Waals surface area contributed by atoms with E-state index in [1.165, 1.54) is 7.11 Å². The highest BCUT2D eigenvalue weighted by molar-refractivity contribution is 5.90. The second kappa shape index (κ2) is 6.17. The van der Waals surface area contributed by atoms with Gasteiger partial charge in [-0.3, -0.25) is 4.98 Å². The maximum absolute atomic E-state index is 11.5. The van der Waals surface area contributed by atoms with Crippen LogP contribution in [0.15, 0.2) is 18.3 Å². The molecule has 0 spiro atoms. The topological polar surface area (TPSA) is 77.5 Å². The van der Waals surface area contributed by atoms with Crippen LogP contribution in [0, 0.1) is 0 Å². The minimum Gasteiger partial charge on any atom is -0.465 e. The van der Waals surface area contributed by atoms with Crippen molar-refractivity contribution in [3.05, 3.63) is 29.6 Å². The van der Waals surface area contributed by atoms with Crippen LogP contribution in [0.2, 0.25) is 0 Å². The van der Waals surface area contributed by atoms with Gasteiger partial charge in [-0.1, -0.05) is 0 Å². The summed E-state index contributed by atoms with van der Waals surface area (Å²) in [5.74, 6) is -0.492. The monoisotopic (exact) mass is 266 g/mol. The number of ether oxygens (including phenoxy) is 2. The first kappa shape index (κ1) is 14.9. The number of nitrogens with one attached hydrogen (secondary N) is 1. The maximum atomic E-state index is 11.5. The molecule has 19 heavy (non-hydrogen) atoms. The van der Waals surface area contributed by atoms with Gasteiger partial charge in [-0.25, -0.2) is 9.59 Å². The number of methoxy groups -OCH3 is 1. The smallest absolute Gasteiger partial charge is 0.407 e. The summed E-state index contributed by atoms with van der Waals surface area (Å²) >= 11 is 0. The number of carbonyl (C=O) groups excluding carboxylic acids is 2. The van der Waals surface area contributed by atoms with Crippen LogP contribution in [0.3, 0.4) is 0 Å². The molecule has 1 aromatic heterocycles. The molecule has 0 aromatic carbocycles. The van der Waals surface area contributed by atoms with Crippen LogP contribution in [-0.2, 0) is 16.0 Å². The summed E-state index contributed by atoms with van der Waals surface area (Å²) in [7, 11) is 1.29. The third-order valence-corrected chi connectivity index (χ3v) is 2.09. The zero-order valence-corrected chi connectivity index (χ0v) is 11.5. The number of esters is 1. The molecule has 1 N–H and O–H groups in total. The summed E-state index contributed by atoms with van der Waals surface area (Å²) in [6, 6.07) is 3.22. The highest BCUT2D eigenvalue weighted by Crippen LogP contribution is 2.09. The average Bonchev–Trinajstić information content (AvgIpc) is 2.33. The van der Waals surface area contributed by atoms with Gasteiger partial charge in [-0.15, -0.1) is 0 Å². The highest BCUT2D eigenvalue weighted by atomic mass is 16.6. The minimum atomic E-state index is -0.570. The van der Waals surface area contributed by atoms with E-state index in [0.29, 0.717) is 11.3 Å². The molecule has 0 aliphatic carbocycles. The van der Waals surface area contributed by atoms with Gasteiger partial charge in [0.25, 0.3) is 0 Å². The van der Waals surface area contributed by atoms with Crippen molar-refractivity contribution < 1.29 is 19.1 Å². The lowest BCUT2D eigenvalue weighted by Gasteiger charge is -2.19. The van der Waals surface area contributed by atoms with Crippen molar-refractivity contribution in [2.24, 2.45) is 0 Å². The lowest BCUT2D eigenvalue weighted by Crippen LogP contribution is -2.32. The number of aromatic nitrogens is 1. The van der Waals surface area contributed by atoms with Crippen LogP contribution in [0.25, 0.3) is 0 Å². The number of pyridine rings is 1. The Labute approximate surface area is 112 Å². The molecule has 0 fully saturated rings. The third kappa shape index (κ3) is 4.95. The largest absolute Gasteiger partial charge is 0.465 e. The normalized spacial score (nSPS) is 10.7. The Bertz CT molecular complexity index is 466. The van der Waals surface area contributed by atoms with Gasteiger partial charge >= 0.3 is 12.1 Å². The summed E-state index contributed by atoms with van der Waals surface area (Å²) in [5.41, 5.74) is 0.181. The van der Waals surface area contributed by atoms with Crippen molar-refractivity contribution >= 4 is 12.1 Å². The molecule has 1 heterocycles. The number of rotatable bonds is 3. The van der Waals surface area contributed by atoms with Gasteiger partial charge in [0, 0.05) is 6.20 Å². The van der Waals surface area contributed by atoms with Crippen LogP contribution in [0.1, 0.15) is 36.8 Å². The Morgan fingerprint density at radius 3 is 2.63 bits per heavy atom. The number of hydrogen-bond acceptors (Lipinski definition) is 5. The van der Waals surface area contributed by atoms with E-state index < -0.39 is 17.7 Å². The number of alkyl carbamates (subject to hydrolysis) is 1. The van der Waals surface area contributed by atoms with E-state index >= 15 is 0 Å². The standard InChI is InChI=1S/C13H18N2O4/c1-13(2,3)19-12(17)15-8-10-9(11(16)18-4)6-5-7-14-10/h5-7H,8H2,1-4H3,(H,15,17). The van der Waals surface area contributed by atoms with E-state index in [0.717, 1.165) is 0 Å². The van der Waals surface area contributed by atoms with Gasteiger partial charge in [-0.2, -0.15) is 0 Å². The lowest BCUT2D eigenvalue weighted by molar-refractivity contribution is 0.0517. The van der Waals surface area contributed by atoms with E-state index in [-0.39, 0.29) is 6.54 Å². The fraction of sp³-hybridized carbons (Fsp3) is 0.462. The van der Waals surface area contributed by atoms with Crippen LogP contribution in [-0.4, -0.2) is 29.8 Å². The predicted molar refractivity (Wildman–Crippen MR) is 68.7 cm³/mol. The van der Waals surface area contributed by atoms with E-state index in [9.17, 15) is 9.59 Å². The molecule has 1 aromatic rings. The van der Waals surface area contributed by atoms with Crippen molar-refractivity contribution in [1.29, 1.82) is 0 Å².